The summed E-state index contributed by atoms with van der Waals surface area (Å²) < 4.78 is 5.15. The van der Waals surface area contributed by atoms with Crippen molar-refractivity contribution in [1.82, 2.24) is 9.80 Å². The highest BCUT2D eigenvalue weighted by Gasteiger charge is 2.28. The number of piperazine rings is 1. The van der Waals surface area contributed by atoms with Gasteiger partial charge in [-0.3, -0.25) is 14.5 Å². The van der Waals surface area contributed by atoms with Crippen LogP contribution in [0.5, 0.6) is 0 Å². The first kappa shape index (κ1) is 17.7. The Morgan fingerprint density at radius 2 is 1.96 bits per heavy atom. The average molecular weight is 352 g/mol. The minimum atomic E-state index is -0.332. The largest absolute Gasteiger partial charge is 0.459 e. The van der Waals surface area contributed by atoms with Gasteiger partial charge in [0.05, 0.1) is 23.9 Å². The van der Waals surface area contributed by atoms with Crippen molar-refractivity contribution in [2.45, 2.75) is 13.0 Å². The van der Waals surface area contributed by atoms with Crippen molar-refractivity contribution >= 4 is 17.5 Å². The summed E-state index contributed by atoms with van der Waals surface area (Å²) in [6, 6.07) is 11.9. The summed E-state index contributed by atoms with van der Waals surface area (Å²) in [6.07, 6.45) is 1.48. The molecule has 1 N–H and O–H groups in total. The van der Waals surface area contributed by atoms with Crippen molar-refractivity contribution in [2.24, 2.45) is 0 Å². The molecule has 7 heteroatoms. The highest BCUT2D eigenvalue weighted by atomic mass is 16.3. The number of nitrogens with one attached hydrogen (secondary N) is 1. The zero-order chi connectivity index (χ0) is 18.5. The molecule has 0 saturated carbocycles. The first-order valence-electron chi connectivity index (χ1n) is 8.46. The van der Waals surface area contributed by atoms with Gasteiger partial charge in [0.25, 0.3) is 5.91 Å². The molecule has 1 atom stereocenters. The molecule has 0 radical (unpaired) electrons. The lowest BCUT2D eigenvalue weighted by Gasteiger charge is -2.37. The van der Waals surface area contributed by atoms with E-state index < -0.39 is 0 Å². The molecule has 0 bridgehead atoms. The van der Waals surface area contributed by atoms with Crippen molar-refractivity contribution in [3.05, 3.63) is 54.0 Å². The minimum Gasteiger partial charge on any atom is -0.459 e. The minimum absolute atomic E-state index is 0.125. The lowest BCUT2D eigenvalue weighted by atomic mass is 10.2. The van der Waals surface area contributed by atoms with Gasteiger partial charge in [0.1, 0.15) is 0 Å². The number of anilines is 1. The highest BCUT2D eigenvalue weighted by Crippen LogP contribution is 2.14. The van der Waals surface area contributed by atoms with Crippen LogP contribution in [0.4, 0.5) is 5.69 Å². The summed E-state index contributed by atoms with van der Waals surface area (Å²) in [5.74, 6) is 0.0765. The van der Waals surface area contributed by atoms with E-state index in [1.54, 1.807) is 41.3 Å². The summed E-state index contributed by atoms with van der Waals surface area (Å²) in [7, 11) is 0. The topological polar surface area (TPSA) is 89.6 Å². The number of nitrogens with zero attached hydrogens (tertiary/aromatic N) is 3. The first-order chi connectivity index (χ1) is 12.6. The lowest BCUT2D eigenvalue weighted by Crippen LogP contribution is -2.54. The van der Waals surface area contributed by atoms with Crippen LogP contribution in [0.3, 0.4) is 0 Å². The van der Waals surface area contributed by atoms with Gasteiger partial charge in [-0.25, -0.2) is 0 Å². The van der Waals surface area contributed by atoms with Crippen LogP contribution < -0.4 is 5.32 Å². The van der Waals surface area contributed by atoms with Gasteiger partial charge >= 0.3 is 0 Å². The summed E-state index contributed by atoms with van der Waals surface area (Å²) in [4.78, 5) is 28.5. The van der Waals surface area contributed by atoms with Crippen LogP contribution in [-0.4, -0.2) is 53.8 Å². The molecular formula is C19H20N4O3. The molecule has 1 aliphatic rings. The van der Waals surface area contributed by atoms with Crippen molar-refractivity contribution < 1.29 is 14.0 Å². The Morgan fingerprint density at radius 3 is 2.62 bits per heavy atom. The second-order valence-corrected chi connectivity index (χ2v) is 6.16. The smallest absolute Gasteiger partial charge is 0.289 e. The molecule has 1 saturated heterocycles. The normalized spacial score (nSPS) is 15.9. The summed E-state index contributed by atoms with van der Waals surface area (Å²) in [5.41, 5.74) is 1.10. The fraction of sp³-hybridized carbons (Fsp3) is 0.316. The van der Waals surface area contributed by atoms with Crippen LogP contribution >= 0.6 is 0 Å². The average Bonchev–Trinajstić information content (AvgIpc) is 3.22. The molecule has 1 fully saturated rings. The van der Waals surface area contributed by atoms with E-state index in [0.717, 1.165) is 0 Å². The van der Waals surface area contributed by atoms with Crippen LogP contribution in [-0.2, 0) is 4.79 Å². The summed E-state index contributed by atoms with van der Waals surface area (Å²) in [5, 5.41) is 11.8. The lowest BCUT2D eigenvalue weighted by molar-refractivity contribution is -0.121. The Balaban J connectivity index is 1.54. The Kier molecular flexibility index (Phi) is 5.34. The van der Waals surface area contributed by atoms with Crippen LogP contribution in [0.1, 0.15) is 23.0 Å². The molecule has 2 aromatic rings. The van der Waals surface area contributed by atoms with Crippen LogP contribution in [0, 0.1) is 11.3 Å². The van der Waals surface area contributed by atoms with Gasteiger partial charge in [-0.1, -0.05) is 6.07 Å². The maximum absolute atomic E-state index is 12.5. The quantitative estimate of drug-likeness (QED) is 0.908. The Morgan fingerprint density at radius 1 is 1.19 bits per heavy atom. The molecular weight excluding hydrogens is 332 g/mol. The fourth-order valence-electron chi connectivity index (χ4n) is 2.95. The van der Waals surface area contributed by atoms with E-state index in [4.69, 9.17) is 9.68 Å². The van der Waals surface area contributed by atoms with E-state index in [9.17, 15) is 9.59 Å². The predicted molar refractivity (Wildman–Crippen MR) is 95.4 cm³/mol. The molecule has 1 aromatic carbocycles. The van der Waals surface area contributed by atoms with Gasteiger partial charge < -0.3 is 14.6 Å². The van der Waals surface area contributed by atoms with E-state index in [1.807, 2.05) is 11.8 Å². The monoisotopic (exact) mass is 352 g/mol. The summed E-state index contributed by atoms with van der Waals surface area (Å²) >= 11 is 0. The van der Waals surface area contributed by atoms with Crippen LogP contribution in [0.15, 0.2) is 47.1 Å². The third-order valence-electron chi connectivity index (χ3n) is 4.52. The number of hydrogen-bond donors (Lipinski definition) is 1. The number of furan rings is 1. The van der Waals surface area contributed by atoms with Crippen molar-refractivity contribution in [2.75, 3.05) is 31.5 Å². The summed E-state index contributed by atoms with van der Waals surface area (Å²) in [6.45, 7) is 4.15. The SMILES string of the molecule is C[C@H](C(=O)Nc1cccc(C#N)c1)N1CCN(C(=O)c2ccco2)CC1. The first-order valence-corrected chi connectivity index (χ1v) is 8.46. The molecule has 1 aromatic heterocycles. The van der Waals surface area contributed by atoms with Crippen LogP contribution in [0.2, 0.25) is 0 Å². The van der Waals surface area contributed by atoms with Gasteiger partial charge in [-0.05, 0) is 37.3 Å². The molecule has 3 rings (SSSR count). The number of amides is 2. The Hall–Kier alpha value is -3.11. The van der Waals surface area contributed by atoms with E-state index in [0.29, 0.717) is 43.2 Å². The number of hydrogen-bond acceptors (Lipinski definition) is 5. The molecule has 2 amide bonds. The standard InChI is InChI=1S/C19H20N4O3/c1-14(18(24)21-16-5-2-4-15(12-16)13-20)22-7-9-23(10-8-22)19(25)17-6-3-11-26-17/h2-6,11-12,14H,7-10H2,1H3,(H,21,24)/t14-/m1/s1. The molecule has 0 spiro atoms. The number of nitriles is 1. The number of benzene rings is 1. The Bertz CT molecular complexity index is 818. The molecule has 0 unspecified atom stereocenters. The van der Waals surface area contributed by atoms with E-state index in [-0.39, 0.29) is 17.9 Å². The molecule has 2 heterocycles. The number of rotatable bonds is 4. The maximum atomic E-state index is 12.5. The molecule has 7 nitrogen and oxygen atoms in total. The highest BCUT2D eigenvalue weighted by molar-refractivity contribution is 5.95. The van der Waals surface area contributed by atoms with Gasteiger partial charge in [0, 0.05) is 31.9 Å². The van der Waals surface area contributed by atoms with Gasteiger partial charge in [-0.2, -0.15) is 5.26 Å². The maximum Gasteiger partial charge on any atom is 0.289 e. The third kappa shape index (κ3) is 3.92. The van der Waals surface area contributed by atoms with E-state index in [2.05, 4.69) is 11.4 Å². The number of carbonyl (C=O) groups excluding carboxylic acids is 2. The van der Waals surface area contributed by atoms with Crippen LogP contribution in [0.25, 0.3) is 0 Å². The van der Waals surface area contributed by atoms with E-state index >= 15 is 0 Å². The predicted octanol–water partition coefficient (Wildman–Crippen LogP) is 1.94. The fourth-order valence-corrected chi connectivity index (χ4v) is 2.95. The van der Waals surface area contributed by atoms with Crippen molar-refractivity contribution in [1.29, 1.82) is 5.26 Å². The molecule has 0 aliphatic carbocycles. The van der Waals surface area contributed by atoms with Gasteiger partial charge in [-0.15, -0.1) is 0 Å². The van der Waals surface area contributed by atoms with Gasteiger partial charge in [0.15, 0.2) is 5.76 Å². The zero-order valence-corrected chi connectivity index (χ0v) is 14.5. The molecule has 134 valence electrons. The Labute approximate surface area is 151 Å². The zero-order valence-electron chi connectivity index (χ0n) is 14.5. The van der Waals surface area contributed by atoms with Crippen molar-refractivity contribution in [3.63, 3.8) is 0 Å². The molecule has 1 aliphatic heterocycles. The second kappa shape index (κ2) is 7.85. The molecule has 26 heavy (non-hydrogen) atoms. The van der Waals surface area contributed by atoms with E-state index in [1.165, 1.54) is 6.26 Å². The second-order valence-electron chi connectivity index (χ2n) is 6.16. The van der Waals surface area contributed by atoms with Gasteiger partial charge in [0.2, 0.25) is 5.91 Å². The van der Waals surface area contributed by atoms with Crippen molar-refractivity contribution in [3.8, 4) is 6.07 Å². The number of carbonyl (C=O) groups is 2. The third-order valence-corrected chi connectivity index (χ3v) is 4.52.